The van der Waals surface area contributed by atoms with Gasteiger partial charge in [-0.25, -0.2) is 4.98 Å². The number of benzene rings is 1. The first-order valence-corrected chi connectivity index (χ1v) is 9.61. The molecule has 3 heterocycles. The molecule has 1 atom stereocenters. The number of piperidine rings is 1. The van der Waals surface area contributed by atoms with Crippen molar-refractivity contribution < 1.29 is 4.74 Å². The van der Waals surface area contributed by atoms with Crippen LogP contribution in [0.4, 0.5) is 0 Å². The van der Waals surface area contributed by atoms with Crippen LogP contribution in [0.5, 0.6) is 5.75 Å². The van der Waals surface area contributed by atoms with Gasteiger partial charge in [-0.05, 0) is 49.2 Å². The average molecular weight is 376 g/mol. The number of nitrogens with one attached hydrogen (secondary N) is 1. The van der Waals surface area contributed by atoms with Crippen molar-refractivity contribution in [3.63, 3.8) is 0 Å². The summed E-state index contributed by atoms with van der Waals surface area (Å²) in [5, 5.41) is 0. The lowest BCUT2D eigenvalue weighted by Gasteiger charge is -2.35. The van der Waals surface area contributed by atoms with E-state index in [0.717, 1.165) is 49.4 Å². The van der Waals surface area contributed by atoms with E-state index in [-0.39, 0.29) is 11.6 Å². The molecule has 0 spiro atoms. The van der Waals surface area contributed by atoms with Crippen molar-refractivity contribution in [2.75, 3.05) is 13.7 Å². The summed E-state index contributed by atoms with van der Waals surface area (Å²) in [5.74, 6) is 1.46. The van der Waals surface area contributed by atoms with Crippen LogP contribution in [0.25, 0.3) is 11.4 Å². The van der Waals surface area contributed by atoms with E-state index in [9.17, 15) is 4.79 Å². The molecule has 1 aliphatic rings. The molecule has 0 unspecified atom stereocenters. The van der Waals surface area contributed by atoms with E-state index in [1.807, 2.05) is 24.3 Å². The number of H-pyrrole nitrogens is 1. The van der Waals surface area contributed by atoms with E-state index in [1.165, 1.54) is 5.56 Å². The molecular weight excluding hydrogens is 352 g/mol. The highest BCUT2D eigenvalue weighted by molar-refractivity contribution is 5.53. The summed E-state index contributed by atoms with van der Waals surface area (Å²) in [6.07, 6.45) is 6.72. The molecular formula is C22H24N4O2. The molecule has 1 N–H and O–H groups in total. The number of aromatic nitrogens is 3. The first-order chi connectivity index (χ1) is 13.7. The molecule has 0 aliphatic carbocycles. The lowest BCUT2D eigenvalue weighted by atomic mass is 9.98. The number of pyridine rings is 1. The molecule has 0 radical (unpaired) electrons. The Bertz CT molecular complexity index is 970. The molecule has 144 valence electrons. The van der Waals surface area contributed by atoms with Crippen molar-refractivity contribution in [1.29, 1.82) is 0 Å². The van der Waals surface area contributed by atoms with Crippen molar-refractivity contribution in [2.45, 2.75) is 31.8 Å². The van der Waals surface area contributed by atoms with Crippen molar-refractivity contribution in [2.24, 2.45) is 0 Å². The maximum atomic E-state index is 12.3. The van der Waals surface area contributed by atoms with Crippen LogP contribution in [0.3, 0.4) is 0 Å². The third-order valence-corrected chi connectivity index (χ3v) is 5.22. The molecule has 6 nitrogen and oxygen atoms in total. The van der Waals surface area contributed by atoms with Crippen molar-refractivity contribution >= 4 is 0 Å². The highest BCUT2D eigenvalue weighted by atomic mass is 16.5. The number of likely N-dealkylation sites (tertiary alicyclic amines) is 1. The fourth-order valence-corrected chi connectivity index (χ4v) is 3.77. The highest BCUT2D eigenvalue weighted by Crippen LogP contribution is 2.31. The highest BCUT2D eigenvalue weighted by Gasteiger charge is 2.26. The van der Waals surface area contributed by atoms with Crippen molar-refractivity contribution in [1.82, 2.24) is 19.9 Å². The van der Waals surface area contributed by atoms with Gasteiger partial charge in [-0.1, -0.05) is 18.6 Å². The van der Waals surface area contributed by atoms with Crippen LogP contribution in [0.2, 0.25) is 0 Å². The Morgan fingerprint density at radius 1 is 1.14 bits per heavy atom. The Balaban J connectivity index is 1.62. The largest absolute Gasteiger partial charge is 0.497 e. The van der Waals surface area contributed by atoms with Gasteiger partial charge in [-0.15, -0.1) is 0 Å². The summed E-state index contributed by atoms with van der Waals surface area (Å²) in [7, 11) is 1.68. The van der Waals surface area contributed by atoms with Gasteiger partial charge in [0.25, 0.3) is 5.56 Å². The summed E-state index contributed by atoms with van der Waals surface area (Å²) in [6, 6.07) is 13.7. The van der Waals surface area contributed by atoms with Gasteiger partial charge in [0.2, 0.25) is 0 Å². The topological polar surface area (TPSA) is 71.1 Å². The lowest BCUT2D eigenvalue weighted by Crippen LogP contribution is -2.34. The summed E-state index contributed by atoms with van der Waals surface area (Å²) in [4.78, 5) is 26.4. The molecule has 1 fully saturated rings. The summed E-state index contributed by atoms with van der Waals surface area (Å²) < 4.78 is 5.25. The third-order valence-electron chi connectivity index (χ3n) is 5.22. The zero-order valence-electron chi connectivity index (χ0n) is 16.0. The quantitative estimate of drug-likeness (QED) is 0.737. The second kappa shape index (κ2) is 8.35. The monoisotopic (exact) mass is 376 g/mol. The summed E-state index contributed by atoms with van der Waals surface area (Å²) >= 11 is 0. The van der Waals surface area contributed by atoms with Gasteiger partial charge in [0, 0.05) is 30.6 Å². The fourth-order valence-electron chi connectivity index (χ4n) is 3.77. The molecule has 0 amide bonds. The van der Waals surface area contributed by atoms with Crippen LogP contribution in [-0.4, -0.2) is 33.5 Å². The SMILES string of the molecule is COc1ccc(CN2CCCC[C@@H]2c2cc(=O)[nH]c(-c3ccncc3)n2)cc1. The molecule has 3 aromatic rings. The van der Waals surface area contributed by atoms with Gasteiger partial charge in [0.15, 0.2) is 0 Å². The minimum atomic E-state index is -0.119. The number of ether oxygens (including phenoxy) is 1. The third kappa shape index (κ3) is 4.12. The molecule has 1 saturated heterocycles. The van der Waals surface area contributed by atoms with Crippen LogP contribution in [0.15, 0.2) is 59.7 Å². The number of rotatable bonds is 5. The zero-order valence-corrected chi connectivity index (χ0v) is 16.0. The molecule has 6 heteroatoms. The zero-order chi connectivity index (χ0) is 19.3. The van der Waals surface area contributed by atoms with E-state index in [1.54, 1.807) is 25.6 Å². The number of hydrogen-bond acceptors (Lipinski definition) is 5. The minimum absolute atomic E-state index is 0.119. The number of hydrogen-bond donors (Lipinski definition) is 1. The second-order valence-electron chi connectivity index (χ2n) is 7.08. The van der Waals surface area contributed by atoms with Crippen LogP contribution in [-0.2, 0) is 6.54 Å². The molecule has 0 bridgehead atoms. The molecule has 4 rings (SSSR count). The normalized spacial score (nSPS) is 17.4. The predicted octanol–water partition coefficient (Wildman–Crippen LogP) is 3.57. The van der Waals surface area contributed by atoms with E-state index < -0.39 is 0 Å². The maximum Gasteiger partial charge on any atom is 0.251 e. The van der Waals surface area contributed by atoms with Crippen LogP contribution >= 0.6 is 0 Å². The van der Waals surface area contributed by atoms with Gasteiger partial charge in [0.1, 0.15) is 11.6 Å². The average Bonchev–Trinajstić information content (AvgIpc) is 2.75. The maximum absolute atomic E-state index is 12.3. The first kappa shape index (κ1) is 18.4. The lowest BCUT2D eigenvalue weighted by molar-refractivity contribution is 0.137. The smallest absolute Gasteiger partial charge is 0.251 e. The van der Waals surface area contributed by atoms with Crippen LogP contribution in [0, 0.1) is 0 Å². The molecule has 1 aliphatic heterocycles. The molecule has 2 aromatic heterocycles. The Labute approximate surface area is 164 Å². The minimum Gasteiger partial charge on any atom is -0.497 e. The Morgan fingerprint density at radius 3 is 2.68 bits per heavy atom. The Morgan fingerprint density at radius 2 is 1.93 bits per heavy atom. The van der Waals surface area contributed by atoms with Crippen molar-refractivity contribution in [3.8, 4) is 17.1 Å². The Hall–Kier alpha value is -2.99. The van der Waals surface area contributed by atoms with Gasteiger partial charge < -0.3 is 9.72 Å². The van der Waals surface area contributed by atoms with E-state index >= 15 is 0 Å². The molecule has 28 heavy (non-hydrogen) atoms. The Kier molecular flexibility index (Phi) is 5.48. The van der Waals surface area contributed by atoms with E-state index in [4.69, 9.17) is 9.72 Å². The van der Waals surface area contributed by atoms with E-state index in [0.29, 0.717) is 5.82 Å². The van der Waals surface area contributed by atoms with Crippen LogP contribution in [0.1, 0.15) is 36.6 Å². The second-order valence-corrected chi connectivity index (χ2v) is 7.08. The number of nitrogens with zero attached hydrogens (tertiary/aromatic N) is 3. The van der Waals surface area contributed by atoms with Crippen LogP contribution < -0.4 is 10.3 Å². The fraction of sp³-hybridized carbons (Fsp3) is 0.318. The predicted molar refractivity (Wildman–Crippen MR) is 108 cm³/mol. The molecule has 1 aromatic carbocycles. The summed E-state index contributed by atoms with van der Waals surface area (Å²) in [6.45, 7) is 1.82. The van der Waals surface area contributed by atoms with E-state index in [2.05, 4.69) is 27.0 Å². The van der Waals surface area contributed by atoms with Gasteiger partial charge >= 0.3 is 0 Å². The summed E-state index contributed by atoms with van der Waals surface area (Å²) in [5.41, 5.74) is 2.81. The van der Waals surface area contributed by atoms with Gasteiger partial charge in [0.05, 0.1) is 18.8 Å². The van der Waals surface area contributed by atoms with Gasteiger partial charge in [-0.2, -0.15) is 0 Å². The molecule has 0 saturated carbocycles. The van der Waals surface area contributed by atoms with Crippen molar-refractivity contribution in [3.05, 3.63) is 76.5 Å². The van der Waals surface area contributed by atoms with Gasteiger partial charge in [-0.3, -0.25) is 14.7 Å². The first-order valence-electron chi connectivity index (χ1n) is 9.61. The number of methoxy groups -OCH3 is 1. The standard InChI is InChI=1S/C22H24N4O2/c1-28-18-7-5-16(6-8-18)15-26-13-3-2-4-20(26)19-14-21(27)25-22(24-19)17-9-11-23-12-10-17/h5-12,14,20H,2-4,13,15H2,1H3,(H,24,25,27)/t20-/m1/s1. The number of aromatic amines is 1.